The first kappa shape index (κ1) is 23.5. The lowest BCUT2D eigenvalue weighted by molar-refractivity contribution is -0.491. The van der Waals surface area contributed by atoms with E-state index in [1.165, 1.54) is 36.4 Å². The predicted octanol–water partition coefficient (Wildman–Crippen LogP) is 4.65. The lowest BCUT2D eigenvalue weighted by Crippen LogP contribution is -2.59. The molecule has 1 aliphatic rings. The number of alkyl halides is 6. The molecule has 0 radical (unpaired) electrons. The molecule has 3 rings (SSSR count). The molecule has 0 bridgehead atoms. The third-order valence-electron chi connectivity index (χ3n) is 5.06. The van der Waals surface area contributed by atoms with E-state index in [0.717, 1.165) is 12.1 Å². The van der Waals surface area contributed by atoms with Crippen LogP contribution in [0.4, 0.5) is 26.3 Å². The Kier molecular flexibility index (Phi) is 5.71. The molecule has 2 aromatic carbocycles. The number of cyclic esters (lactones) is 1. The Morgan fingerprint density at radius 1 is 1.00 bits per heavy atom. The van der Waals surface area contributed by atoms with Gasteiger partial charge in [0.1, 0.15) is 0 Å². The maximum Gasteiger partial charge on any atom is 0.465 e. The first-order chi connectivity index (χ1) is 14.7. The van der Waals surface area contributed by atoms with Gasteiger partial charge in [0.15, 0.2) is 0 Å². The summed E-state index contributed by atoms with van der Waals surface area (Å²) >= 11 is 0. The molecule has 0 saturated carbocycles. The molecule has 1 saturated heterocycles. The number of nitro groups is 1. The second-order valence-corrected chi connectivity index (χ2v) is 7.19. The smallest absolute Gasteiger partial charge is 0.413 e. The number of benzene rings is 2. The van der Waals surface area contributed by atoms with E-state index in [4.69, 9.17) is 0 Å². The lowest BCUT2D eigenvalue weighted by Gasteiger charge is -2.35. The molecule has 12 heteroatoms. The number of nitrogens with zero attached hydrogens (tertiary/aromatic N) is 1. The third-order valence-corrected chi connectivity index (χ3v) is 5.06. The average Bonchev–Trinajstić information content (AvgIpc) is 3.02. The van der Waals surface area contributed by atoms with Gasteiger partial charge in [-0.05, 0) is 18.1 Å². The van der Waals surface area contributed by atoms with Gasteiger partial charge >= 0.3 is 24.1 Å². The Hall–Kier alpha value is -3.15. The van der Waals surface area contributed by atoms with Gasteiger partial charge in [-0.15, -0.1) is 0 Å². The zero-order valence-corrected chi connectivity index (χ0v) is 16.2. The van der Waals surface area contributed by atoms with E-state index < -0.39 is 52.7 Å². The summed E-state index contributed by atoms with van der Waals surface area (Å²) in [6.07, 6.45) is -12.4. The molecular weight excluding hydrogens is 448 g/mol. The molecule has 0 aromatic heterocycles. The highest BCUT2D eigenvalue weighted by Crippen LogP contribution is 2.58. The average molecular weight is 463 g/mol. The van der Waals surface area contributed by atoms with Crippen LogP contribution in [0.2, 0.25) is 0 Å². The maximum atomic E-state index is 13.7. The number of halogens is 6. The molecule has 32 heavy (non-hydrogen) atoms. The number of rotatable bonds is 5. The summed E-state index contributed by atoms with van der Waals surface area (Å²) in [5, 5.41) is 11.4. The van der Waals surface area contributed by atoms with Gasteiger partial charge in [-0.2, -0.15) is 26.3 Å². The highest BCUT2D eigenvalue weighted by molar-refractivity contribution is 5.85. The van der Waals surface area contributed by atoms with Crippen molar-refractivity contribution in [2.75, 3.05) is 6.54 Å². The molecule has 172 valence electrons. The summed E-state index contributed by atoms with van der Waals surface area (Å²) in [5.74, 6) is -9.21. The van der Waals surface area contributed by atoms with E-state index in [1.807, 2.05) is 0 Å². The number of hydrogen-bond donors (Lipinski definition) is 0. The number of aryl methyl sites for hydroxylation is 1. The number of carbonyl (C=O) groups excluding carboxylic acids is 1. The molecule has 0 spiro atoms. The van der Waals surface area contributed by atoms with Crippen LogP contribution >= 0.6 is 0 Å². The summed E-state index contributed by atoms with van der Waals surface area (Å²) < 4.78 is 90.6. The summed E-state index contributed by atoms with van der Waals surface area (Å²) in [6, 6.07) is 11.5. The van der Waals surface area contributed by atoms with Gasteiger partial charge in [-0.3, -0.25) is 10.1 Å². The van der Waals surface area contributed by atoms with E-state index in [1.54, 1.807) is 13.0 Å². The predicted molar refractivity (Wildman–Crippen MR) is 95.9 cm³/mol. The minimum atomic E-state index is -6.22. The quantitative estimate of drug-likeness (QED) is 0.279. The Balaban J connectivity index is 2.35. The number of esters is 1. The van der Waals surface area contributed by atoms with Crippen molar-refractivity contribution in [1.29, 1.82) is 0 Å². The molecule has 1 fully saturated rings. The Bertz CT molecular complexity index is 1010. The Morgan fingerprint density at radius 3 is 2.06 bits per heavy atom. The number of carbonyl (C=O) groups is 1. The molecule has 0 unspecified atom stereocenters. The van der Waals surface area contributed by atoms with Gasteiger partial charge in [0.25, 0.3) is 0 Å². The van der Waals surface area contributed by atoms with Crippen LogP contribution < -0.4 is 0 Å². The van der Waals surface area contributed by atoms with Crippen molar-refractivity contribution in [3.63, 3.8) is 0 Å². The first-order valence-corrected chi connectivity index (χ1v) is 9.05. The molecule has 0 aliphatic carbocycles. The van der Waals surface area contributed by atoms with Crippen molar-refractivity contribution in [1.82, 2.24) is 0 Å². The van der Waals surface area contributed by atoms with Gasteiger partial charge in [-0.25, -0.2) is 4.79 Å². The van der Waals surface area contributed by atoms with Gasteiger partial charge < -0.3 is 9.47 Å². The highest BCUT2D eigenvalue weighted by atomic mass is 19.4. The van der Waals surface area contributed by atoms with E-state index in [9.17, 15) is 41.3 Å². The normalized spacial score (nSPS) is 21.8. The van der Waals surface area contributed by atoms with E-state index >= 15 is 0 Å². The van der Waals surface area contributed by atoms with Crippen LogP contribution in [0.3, 0.4) is 0 Å². The zero-order valence-electron chi connectivity index (χ0n) is 16.2. The van der Waals surface area contributed by atoms with Gasteiger partial charge in [0.2, 0.25) is 12.1 Å². The van der Waals surface area contributed by atoms with Crippen molar-refractivity contribution in [3.8, 4) is 0 Å². The summed E-state index contributed by atoms with van der Waals surface area (Å²) in [5.41, 5.74) is -3.12. The van der Waals surface area contributed by atoms with Crippen LogP contribution in [0, 0.1) is 17.0 Å². The standard InChI is InChI=1S/C20H15F6NO5/c1-12-6-5-7-13(10-12)15(11-27(29)30)17(14-8-3-2-4-9-14)16(28)31-18(32-17,19(21,22)23)20(24,25)26/h2-10,15H,11H2,1H3/t15-,17-/m0/s1. The largest absolute Gasteiger partial charge is 0.465 e. The lowest BCUT2D eigenvalue weighted by atomic mass is 9.76. The van der Waals surface area contributed by atoms with Crippen molar-refractivity contribution >= 4 is 5.97 Å². The maximum absolute atomic E-state index is 13.7. The van der Waals surface area contributed by atoms with Crippen molar-refractivity contribution < 1.29 is 45.5 Å². The Labute approximate surface area is 176 Å². The topological polar surface area (TPSA) is 78.7 Å². The Morgan fingerprint density at radius 2 is 1.59 bits per heavy atom. The van der Waals surface area contributed by atoms with Crippen LogP contribution in [-0.4, -0.2) is 35.6 Å². The molecule has 0 N–H and O–H groups in total. The molecule has 2 aromatic rings. The molecule has 2 atom stereocenters. The molecule has 1 aliphatic heterocycles. The SMILES string of the molecule is Cc1cccc([C@H](C[N+](=O)[O-])[C@]2(c3ccccc3)OC(C(F)(F)F)(C(F)(F)F)OC2=O)c1. The monoisotopic (exact) mass is 463 g/mol. The van der Waals surface area contributed by atoms with Crippen LogP contribution in [0.1, 0.15) is 22.6 Å². The van der Waals surface area contributed by atoms with Crippen molar-refractivity contribution in [2.24, 2.45) is 0 Å². The second kappa shape index (κ2) is 7.76. The number of ether oxygens (including phenoxy) is 2. The van der Waals surface area contributed by atoms with E-state index in [-0.39, 0.29) is 5.56 Å². The summed E-state index contributed by atoms with van der Waals surface area (Å²) in [4.78, 5) is 23.4. The number of hydrogen-bond acceptors (Lipinski definition) is 5. The zero-order chi connectivity index (χ0) is 23.9. The fourth-order valence-electron chi connectivity index (χ4n) is 3.67. The van der Waals surface area contributed by atoms with Crippen molar-refractivity contribution in [3.05, 3.63) is 81.4 Å². The highest BCUT2D eigenvalue weighted by Gasteiger charge is 2.84. The van der Waals surface area contributed by atoms with Crippen LogP contribution in [0.25, 0.3) is 0 Å². The second-order valence-electron chi connectivity index (χ2n) is 7.19. The molecule has 0 amide bonds. The summed E-state index contributed by atoms with van der Waals surface area (Å²) in [6.45, 7) is 0.352. The minimum Gasteiger partial charge on any atom is -0.413 e. The van der Waals surface area contributed by atoms with Gasteiger partial charge in [-0.1, -0.05) is 60.2 Å². The first-order valence-electron chi connectivity index (χ1n) is 9.05. The van der Waals surface area contributed by atoms with E-state index in [0.29, 0.717) is 5.56 Å². The van der Waals surface area contributed by atoms with Gasteiger partial charge in [0, 0.05) is 4.92 Å². The molecular formula is C20H15F6NO5. The van der Waals surface area contributed by atoms with Gasteiger partial charge in [0.05, 0.1) is 5.92 Å². The fourth-order valence-corrected chi connectivity index (χ4v) is 3.67. The van der Waals surface area contributed by atoms with Crippen LogP contribution in [0.5, 0.6) is 0 Å². The third kappa shape index (κ3) is 3.68. The molecule has 6 nitrogen and oxygen atoms in total. The summed E-state index contributed by atoms with van der Waals surface area (Å²) in [7, 11) is 0. The van der Waals surface area contributed by atoms with Crippen molar-refractivity contribution in [2.45, 2.75) is 36.6 Å². The fraction of sp³-hybridized carbons (Fsp3) is 0.350. The van der Waals surface area contributed by atoms with Crippen LogP contribution in [0.15, 0.2) is 54.6 Å². The minimum absolute atomic E-state index is 0.0670. The van der Waals surface area contributed by atoms with Crippen LogP contribution in [-0.2, 0) is 19.9 Å². The van der Waals surface area contributed by atoms with E-state index in [2.05, 4.69) is 9.47 Å². The molecule has 1 heterocycles.